The van der Waals surface area contributed by atoms with Crippen molar-refractivity contribution in [1.82, 2.24) is 14.8 Å². The first-order valence-corrected chi connectivity index (χ1v) is 10.5. The van der Waals surface area contributed by atoms with Crippen molar-refractivity contribution in [2.24, 2.45) is 0 Å². The molecule has 8 heteroatoms. The fourth-order valence-corrected chi connectivity index (χ4v) is 3.49. The highest BCUT2D eigenvalue weighted by Gasteiger charge is 2.20. The van der Waals surface area contributed by atoms with Crippen LogP contribution in [0.4, 0.5) is 5.69 Å². The third kappa shape index (κ3) is 4.59. The van der Waals surface area contributed by atoms with Crippen LogP contribution in [-0.4, -0.2) is 20.7 Å². The van der Waals surface area contributed by atoms with Gasteiger partial charge in [-0.2, -0.15) is 0 Å². The average Bonchev–Trinajstić information content (AvgIpc) is 3.18. The molecule has 3 aromatic carbocycles. The standard InChI is InChI=1S/C23H17Cl3N4O/c1-13-3-4-14(2)20(11-13)30-22(15-5-7-16(24)8-6-15)28-21(29-30)23(31)27-17-9-10-18(25)19(26)12-17/h3-12H,1-2H3,(H,27,31). The Morgan fingerprint density at radius 2 is 1.65 bits per heavy atom. The van der Waals surface area contributed by atoms with Gasteiger partial charge in [-0.25, -0.2) is 9.67 Å². The zero-order valence-electron chi connectivity index (χ0n) is 16.7. The smallest absolute Gasteiger partial charge is 0.295 e. The summed E-state index contributed by atoms with van der Waals surface area (Å²) < 4.78 is 1.68. The highest BCUT2D eigenvalue weighted by molar-refractivity contribution is 6.42. The first-order chi connectivity index (χ1) is 14.8. The van der Waals surface area contributed by atoms with Crippen LogP contribution in [0.3, 0.4) is 0 Å². The molecule has 0 aliphatic heterocycles. The molecule has 0 unspecified atom stereocenters. The van der Waals surface area contributed by atoms with Gasteiger partial charge in [-0.3, -0.25) is 4.79 Å². The van der Waals surface area contributed by atoms with Gasteiger partial charge in [-0.05, 0) is 73.5 Å². The molecular weight excluding hydrogens is 455 g/mol. The molecule has 0 bridgehead atoms. The van der Waals surface area contributed by atoms with Gasteiger partial charge in [0.25, 0.3) is 5.91 Å². The van der Waals surface area contributed by atoms with E-state index in [9.17, 15) is 4.79 Å². The third-order valence-corrected chi connectivity index (χ3v) is 5.67. The van der Waals surface area contributed by atoms with Gasteiger partial charge in [0.15, 0.2) is 5.82 Å². The number of anilines is 1. The SMILES string of the molecule is Cc1ccc(C)c(-n2nc(C(=O)Nc3ccc(Cl)c(Cl)c3)nc2-c2ccc(Cl)cc2)c1. The summed E-state index contributed by atoms with van der Waals surface area (Å²) in [7, 11) is 0. The van der Waals surface area contributed by atoms with E-state index in [1.165, 1.54) is 0 Å². The first kappa shape index (κ1) is 21.4. The third-order valence-electron chi connectivity index (χ3n) is 4.68. The van der Waals surface area contributed by atoms with Crippen molar-refractivity contribution in [3.05, 3.63) is 92.7 Å². The maximum Gasteiger partial charge on any atom is 0.295 e. The zero-order valence-corrected chi connectivity index (χ0v) is 18.9. The number of halogens is 3. The maximum atomic E-state index is 12.9. The number of rotatable bonds is 4. The van der Waals surface area contributed by atoms with Crippen LogP contribution in [0.5, 0.6) is 0 Å². The molecule has 0 aliphatic rings. The van der Waals surface area contributed by atoms with Crippen LogP contribution in [0.1, 0.15) is 21.7 Å². The van der Waals surface area contributed by atoms with Crippen molar-refractivity contribution in [3.8, 4) is 17.1 Å². The highest BCUT2D eigenvalue weighted by atomic mass is 35.5. The second-order valence-corrected chi connectivity index (χ2v) is 8.30. The van der Waals surface area contributed by atoms with E-state index in [1.54, 1.807) is 35.0 Å². The molecule has 0 saturated heterocycles. The predicted octanol–water partition coefficient (Wildman–Crippen LogP) is 6.76. The van der Waals surface area contributed by atoms with Gasteiger partial charge in [0.1, 0.15) is 0 Å². The van der Waals surface area contributed by atoms with E-state index in [-0.39, 0.29) is 5.82 Å². The summed E-state index contributed by atoms with van der Waals surface area (Å²) in [6.45, 7) is 3.98. The predicted molar refractivity (Wildman–Crippen MR) is 126 cm³/mol. The number of nitrogens with one attached hydrogen (secondary N) is 1. The van der Waals surface area contributed by atoms with Crippen LogP contribution in [0.15, 0.2) is 60.7 Å². The van der Waals surface area contributed by atoms with E-state index in [0.717, 1.165) is 22.4 Å². The van der Waals surface area contributed by atoms with Crippen LogP contribution < -0.4 is 5.32 Å². The quantitative estimate of drug-likeness (QED) is 0.357. The molecule has 0 saturated carbocycles. The monoisotopic (exact) mass is 470 g/mol. The lowest BCUT2D eigenvalue weighted by atomic mass is 10.1. The number of aryl methyl sites for hydroxylation is 2. The largest absolute Gasteiger partial charge is 0.319 e. The van der Waals surface area contributed by atoms with Gasteiger partial charge in [0, 0.05) is 16.3 Å². The molecule has 31 heavy (non-hydrogen) atoms. The van der Waals surface area contributed by atoms with Gasteiger partial charge < -0.3 is 5.32 Å². The van der Waals surface area contributed by atoms with Gasteiger partial charge in [-0.15, -0.1) is 5.10 Å². The number of aromatic nitrogens is 3. The number of nitrogens with zero attached hydrogens (tertiary/aromatic N) is 3. The Bertz CT molecular complexity index is 1280. The van der Waals surface area contributed by atoms with E-state index in [1.807, 2.05) is 44.2 Å². The van der Waals surface area contributed by atoms with Crippen molar-refractivity contribution < 1.29 is 4.79 Å². The summed E-state index contributed by atoms with van der Waals surface area (Å²) in [6.07, 6.45) is 0. The Kier molecular flexibility index (Phi) is 6.01. The number of hydrogen-bond acceptors (Lipinski definition) is 3. The zero-order chi connectivity index (χ0) is 22.1. The Labute approximate surface area is 194 Å². The van der Waals surface area contributed by atoms with E-state index in [4.69, 9.17) is 34.8 Å². The van der Waals surface area contributed by atoms with Crippen LogP contribution in [0.25, 0.3) is 17.1 Å². The lowest BCUT2D eigenvalue weighted by Gasteiger charge is -2.10. The summed E-state index contributed by atoms with van der Waals surface area (Å²) in [5.41, 5.74) is 4.19. The van der Waals surface area contributed by atoms with Crippen LogP contribution in [0, 0.1) is 13.8 Å². The summed E-state index contributed by atoms with van der Waals surface area (Å²) in [5, 5.41) is 8.64. The average molecular weight is 472 g/mol. The minimum atomic E-state index is -0.461. The summed E-state index contributed by atoms with van der Waals surface area (Å²) in [5.74, 6) is 0.0965. The lowest BCUT2D eigenvalue weighted by molar-refractivity contribution is 0.101. The maximum absolute atomic E-state index is 12.9. The summed E-state index contributed by atoms with van der Waals surface area (Å²) in [4.78, 5) is 17.4. The van der Waals surface area contributed by atoms with Crippen LogP contribution in [-0.2, 0) is 0 Å². The molecular formula is C23H17Cl3N4O. The molecule has 1 aromatic heterocycles. The molecule has 4 aromatic rings. The topological polar surface area (TPSA) is 59.8 Å². The van der Waals surface area contributed by atoms with Crippen LogP contribution in [0.2, 0.25) is 15.1 Å². The van der Waals surface area contributed by atoms with E-state index in [0.29, 0.717) is 26.6 Å². The molecule has 0 spiro atoms. The highest BCUT2D eigenvalue weighted by Crippen LogP contribution is 2.27. The molecule has 1 amide bonds. The van der Waals surface area contributed by atoms with E-state index < -0.39 is 5.91 Å². The molecule has 1 heterocycles. The minimum Gasteiger partial charge on any atom is -0.319 e. The van der Waals surface area contributed by atoms with E-state index in [2.05, 4.69) is 15.4 Å². The number of carbonyl (C=O) groups is 1. The molecule has 0 atom stereocenters. The summed E-state index contributed by atoms with van der Waals surface area (Å²) in [6, 6.07) is 18.1. The molecule has 156 valence electrons. The number of amides is 1. The van der Waals surface area contributed by atoms with Gasteiger partial charge >= 0.3 is 0 Å². The second-order valence-electron chi connectivity index (χ2n) is 7.05. The fraction of sp³-hybridized carbons (Fsp3) is 0.0870. The van der Waals surface area contributed by atoms with Crippen molar-refractivity contribution >= 4 is 46.4 Å². The number of benzene rings is 3. The molecule has 0 aliphatic carbocycles. The van der Waals surface area contributed by atoms with Crippen molar-refractivity contribution in [1.29, 1.82) is 0 Å². The molecule has 5 nitrogen and oxygen atoms in total. The summed E-state index contributed by atoms with van der Waals surface area (Å²) >= 11 is 18.0. The fourth-order valence-electron chi connectivity index (χ4n) is 3.07. The normalized spacial score (nSPS) is 10.9. The Morgan fingerprint density at radius 1 is 0.903 bits per heavy atom. The Hall–Kier alpha value is -2.86. The number of hydrogen-bond donors (Lipinski definition) is 1. The molecule has 0 radical (unpaired) electrons. The van der Waals surface area contributed by atoms with Crippen molar-refractivity contribution in [2.45, 2.75) is 13.8 Å². The Balaban J connectivity index is 1.78. The molecule has 1 N–H and O–H groups in total. The molecule has 4 rings (SSSR count). The lowest BCUT2D eigenvalue weighted by Crippen LogP contribution is -2.14. The van der Waals surface area contributed by atoms with Gasteiger partial charge in [0.05, 0.1) is 15.7 Å². The van der Waals surface area contributed by atoms with Crippen LogP contribution >= 0.6 is 34.8 Å². The first-order valence-electron chi connectivity index (χ1n) is 9.39. The van der Waals surface area contributed by atoms with Gasteiger partial charge in [-0.1, -0.05) is 46.9 Å². The number of carbonyl (C=O) groups excluding carboxylic acids is 1. The van der Waals surface area contributed by atoms with E-state index >= 15 is 0 Å². The minimum absolute atomic E-state index is 0.0249. The van der Waals surface area contributed by atoms with Crippen molar-refractivity contribution in [2.75, 3.05) is 5.32 Å². The second kappa shape index (κ2) is 8.71. The van der Waals surface area contributed by atoms with Crippen molar-refractivity contribution in [3.63, 3.8) is 0 Å². The van der Waals surface area contributed by atoms with Gasteiger partial charge in [0.2, 0.25) is 5.82 Å². The molecule has 0 fully saturated rings. The Morgan fingerprint density at radius 3 is 2.35 bits per heavy atom.